The zero-order valence-electron chi connectivity index (χ0n) is 13.4. The topological polar surface area (TPSA) is 78.9 Å². The van der Waals surface area contributed by atoms with E-state index in [0.29, 0.717) is 13.0 Å². The van der Waals surface area contributed by atoms with Crippen molar-refractivity contribution in [3.8, 4) is 0 Å². The maximum atomic E-state index is 12.1. The number of hydrogen-bond donors (Lipinski definition) is 2. The highest BCUT2D eigenvalue weighted by Crippen LogP contribution is 2.22. The van der Waals surface area contributed by atoms with Crippen LogP contribution in [0, 0.1) is 5.41 Å². The summed E-state index contributed by atoms with van der Waals surface area (Å²) in [5.41, 5.74) is -0.0515. The van der Waals surface area contributed by atoms with Crippen LogP contribution in [0.4, 0.5) is 4.79 Å². The minimum atomic E-state index is -0.910. The molecule has 20 heavy (non-hydrogen) atoms. The number of carbonyl (C=O) groups excluding carboxylic acids is 1. The molecule has 0 spiro atoms. The van der Waals surface area contributed by atoms with E-state index in [1.165, 1.54) is 4.90 Å². The molecule has 6 heteroatoms. The lowest BCUT2D eigenvalue weighted by Gasteiger charge is -2.30. The maximum Gasteiger partial charge on any atom is 0.317 e. The van der Waals surface area contributed by atoms with Crippen LogP contribution in [0.2, 0.25) is 0 Å². The molecule has 0 aromatic rings. The Labute approximate surface area is 121 Å². The second-order valence-electron chi connectivity index (χ2n) is 6.42. The van der Waals surface area contributed by atoms with E-state index < -0.39 is 5.97 Å². The molecule has 0 saturated carbocycles. The Morgan fingerprint density at radius 1 is 1.35 bits per heavy atom. The number of methoxy groups -OCH3 is 1. The van der Waals surface area contributed by atoms with E-state index in [-0.39, 0.29) is 30.0 Å². The Morgan fingerprint density at radius 2 is 1.90 bits per heavy atom. The lowest BCUT2D eigenvalue weighted by atomic mass is 9.87. The van der Waals surface area contributed by atoms with E-state index in [4.69, 9.17) is 9.84 Å². The molecule has 0 aromatic heterocycles. The largest absolute Gasteiger partial charge is 0.481 e. The molecular formula is C14H28N2O4. The van der Waals surface area contributed by atoms with Crippen molar-refractivity contribution in [3.63, 3.8) is 0 Å². The number of nitrogens with zero attached hydrogens (tertiary/aromatic N) is 1. The quantitative estimate of drug-likeness (QED) is 0.750. The van der Waals surface area contributed by atoms with Crippen LogP contribution < -0.4 is 5.32 Å². The molecular weight excluding hydrogens is 260 g/mol. The molecule has 2 unspecified atom stereocenters. The highest BCUT2D eigenvalue weighted by Gasteiger charge is 2.25. The van der Waals surface area contributed by atoms with Crippen molar-refractivity contribution in [2.45, 2.75) is 52.6 Å². The van der Waals surface area contributed by atoms with Crippen LogP contribution in [0.5, 0.6) is 0 Å². The number of hydrogen-bond acceptors (Lipinski definition) is 3. The number of rotatable bonds is 7. The molecule has 0 heterocycles. The second kappa shape index (κ2) is 8.09. The monoisotopic (exact) mass is 288 g/mol. The fourth-order valence-corrected chi connectivity index (χ4v) is 1.95. The molecule has 0 saturated heterocycles. The summed E-state index contributed by atoms with van der Waals surface area (Å²) in [6.45, 7) is 8.37. The van der Waals surface area contributed by atoms with Gasteiger partial charge in [-0.2, -0.15) is 0 Å². The van der Waals surface area contributed by atoms with E-state index >= 15 is 0 Å². The minimum Gasteiger partial charge on any atom is -0.481 e. The van der Waals surface area contributed by atoms with E-state index in [0.717, 1.165) is 0 Å². The SMILES string of the molecule is COCC(C)N(C)C(=O)NC(CC(=O)O)CC(C)(C)C. The molecule has 2 atom stereocenters. The van der Waals surface area contributed by atoms with Gasteiger partial charge in [-0.05, 0) is 18.8 Å². The molecule has 0 aliphatic rings. The number of carboxylic acids is 1. The normalized spacial score (nSPS) is 14.5. The molecule has 2 N–H and O–H groups in total. The smallest absolute Gasteiger partial charge is 0.317 e. The third-order valence-electron chi connectivity index (χ3n) is 3.00. The van der Waals surface area contributed by atoms with Gasteiger partial charge in [0.05, 0.1) is 19.1 Å². The average Bonchev–Trinajstić information content (AvgIpc) is 2.24. The summed E-state index contributed by atoms with van der Waals surface area (Å²) >= 11 is 0. The Balaban J connectivity index is 4.63. The van der Waals surface area contributed by atoms with Gasteiger partial charge in [-0.25, -0.2) is 4.79 Å². The number of ether oxygens (including phenoxy) is 1. The average molecular weight is 288 g/mol. The molecule has 0 aliphatic heterocycles. The van der Waals surface area contributed by atoms with Gasteiger partial charge in [-0.1, -0.05) is 20.8 Å². The van der Waals surface area contributed by atoms with Crippen molar-refractivity contribution in [1.82, 2.24) is 10.2 Å². The van der Waals surface area contributed by atoms with Crippen LogP contribution in [0.3, 0.4) is 0 Å². The van der Waals surface area contributed by atoms with E-state index in [1.807, 2.05) is 27.7 Å². The van der Waals surface area contributed by atoms with Crippen LogP contribution in [0.15, 0.2) is 0 Å². The molecule has 2 amide bonds. The Kier molecular flexibility index (Phi) is 7.57. The van der Waals surface area contributed by atoms with Crippen molar-refractivity contribution in [2.24, 2.45) is 5.41 Å². The standard InChI is InChI=1S/C14H28N2O4/c1-10(9-20-6)16(5)13(19)15-11(7-12(17)18)8-14(2,3)4/h10-11H,7-9H2,1-6H3,(H,15,19)(H,17,18). The summed E-state index contributed by atoms with van der Waals surface area (Å²) in [5, 5.41) is 11.7. The highest BCUT2D eigenvalue weighted by molar-refractivity contribution is 5.76. The van der Waals surface area contributed by atoms with Crippen LogP contribution in [0.1, 0.15) is 40.5 Å². The number of amides is 2. The number of urea groups is 1. The predicted octanol–water partition coefficient (Wildman–Crippen LogP) is 1.94. The number of likely N-dealkylation sites (N-methyl/N-ethyl adjacent to an activating group) is 1. The summed E-state index contributed by atoms with van der Waals surface area (Å²) < 4.78 is 5.01. The first-order valence-corrected chi connectivity index (χ1v) is 6.81. The molecule has 6 nitrogen and oxygen atoms in total. The van der Waals surface area contributed by atoms with Gasteiger partial charge in [-0.3, -0.25) is 4.79 Å². The molecule has 0 rings (SSSR count). The van der Waals surface area contributed by atoms with Crippen LogP contribution in [0.25, 0.3) is 0 Å². The summed E-state index contributed by atoms with van der Waals surface area (Å²) in [6, 6.07) is -0.720. The summed E-state index contributed by atoms with van der Waals surface area (Å²) in [4.78, 5) is 24.5. The minimum absolute atomic E-state index is 0.0515. The van der Waals surface area contributed by atoms with Gasteiger partial charge in [-0.15, -0.1) is 0 Å². The lowest BCUT2D eigenvalue weighted by molar-refractivity contribution is -0.137. The van der Waals surface area contributed by atoms with Gasteiger partial charge in [0.2, 0.25) is 0 Å². The first-order chi connectivity index (χ1) is 9.06. The molecule has 0 fully saturated rings. The Hall–Kier alpha value is -1.30. The van der Waals surface area contributed by atoms with Crippen molar-refractivity contribution in [1.29, 1.82) is 0 Å². The second-order valence-corrected chi connectivity index (χ2v) is 6.42. The van der Waals surface area contributed by atoms with E-state index in [9.17, 15) is 9.59 Å². The van der Waals surface area contributed by atoms with Gasteiger partial charge in [0, 0.05) is 20.2 Å². The fourth-order valence-electron chi connectivity index (χ4n) is 1.95. The molecule has 118 valence electrons. The van der Waals surface area contributed by atoms with Gasteiger partial charge in [0.25, 0.3) is 0 Å². The van der Waals surface area contributed by atoms with Gasteiger partial charge < -0.3 is 20.1 Å². The first-order valence-electron chi connectivity index (χ1n) is 6.81. The first kappa shape index (κ1) is 18.7. The van der Waals surface area contributed by atoms with Crippen LogP contribution in [-0.2, 0) is 9.53 Å². The molecule has 0 radical (unpaired) electrons. The zero-order chi connectivity index (χ0) is 15.9. The summed E-state index contributed by atoms with van der Waals surface area (Å²) in [6.07, 6.45) is 0.535. The molecule has 0 aliphatic carbocycles. The zero-order valence-corrected chi connectivity index (χ0v) is 13.4. The van der Waals surface area contributed by atoms with Gasteiger partial charge >= 0.3 is 12.0 Å². The van der Waals surface area contributed by atoms with Crippen molar-refractivity contribution >= 4 is 12.0 Å². The number of carboxylic acid groups (broad SMARTS) is 1. The van der Waals surface area contributed by atoms with E-state index in [1.54, 1.807) is 14.2 Å². The van der Waals surface area contributed by atoms with Crippen LogP contribution in [-0.4, -0.2) is 54.9 Å². The third-order valence-corrected chi connectivity index (χ3v) is 3.00. The maximum absolute atomic E-state index is 12.1. The Bertz CT molecular complexity index is 326. The highest BCUT2D eigenvalue weighted by atomic mass is 16.5. The van der Waals surface area contributed by atoms with Gasteiger partial charge in [0.15, 0.2) is 0 Å². The van der Waals surface area contributed by atoms with Crippen molar-refractivity contribution < 1.29 is 19.4 Å². The fraction of sp³-hybridized carbons (Fsp3) is 0.857. The number of aliphatic carboxylic acids is 1. The summed E-state index contributed by atoms with van der Waals surface area (Å²) in [5.74, 6) is -0.910. The van der Waals surface area contributed by atoms with Crippen molar-refractivity contribution in [2.75, 3.05) is 20.8 Å². The van der Waals surface area contributed by atoms with Crippen LogP contribution >= 0.6 is 0 Å². The lowest BCUT2D eigenvalue weighted by Crippen LogP contribution is -2.49. The third kappa shape index (κ3) is 7.99. The molecule has 0 bridgehead atoms. The Morgan fingerprint density at radius 3 is 2.30 bits per heavy atom. The van der Waals surface area contributed by atoms with E-state index in [2.05, 4.69) is 5.32 Å². The number of carbonyl (C=O) groups is 2. The molecule has 0 aromatic carbocycles. The van der Waals surface area contributed by atoms with Crippen molar-refractivity contribution in [3.05, 3.63) is 0 Å². The predicted molar refractivity (Wildman–Crippen MR) is 77.7 cm³/mol. The van der Waals surface area contributed by atoms with Gasteiger partial charge in [0.1, 0.15) is 0 Å². The number of nitrogens with one attached hydrogen (secondary N) is 1. The summed E-state index contributed by atoms with van der Waals surface area (Å²) in [7, 11) is 3.25.